The molecule has 5 nitrogen and oxygen atoms in total. The molecular formula is C14H14F3N3O2. The number of piperidine rings is 1. The highest BCUT2D eigenvalue weighted by Gasteiger charge is 2.54. The van der Waals surface area contributed by atoms with Gasteiger partial charge in [-0.25, -0.2) is 0 Å². The van der Waals surface area contributed by atoms with Gasteiger partial charge < -0.3 is 10.0 Å². The Morgan fingerprint density at radius 2 is 2.00 bits per heavy atom. The van der Waals surface area contributed by atoms with E-state index >= 15 is 0 Å². The second-order valence-electron chi connectivity index (χ2n) is 5.46. The predicted molar refractivity (Wildman–Crippen MR) is 72.2 cm³/mol. The molecule has 0 spiro atoms. The molecule has 0 saturated carbocycles. The van der Waals surface area contributed by atoms with Crippen LogP contribution in [0.5, 0.6) is 0 Å². The first-order chi connectivity index (χ1) is 10.3. The van der Waals surface area contributed by atoms with Crippen LogP contribution >= 0.6 is 0 Å². The van der Waals surface area contributed by atoms with Crippen molar-refractivity contribution in [2.45, 2.75) is 24.6 Å². The van der Waals surface area contributed by atoms with Crippen LogP contribution in [0, 0.1) is 0 Å². The normalized spacial score (nSPS) is 18.6. The molecule has 1 aliphatic heterocycles. The molecule has 22 heavy (non-hydrogen) atoms. The lowest BCUT2D eigenvalue weighted by molar-refractivity contribution is -0.271. The highest BCUT2D eigenvalue weighted by atomic mass is 19.4. The fourth-order valence-corrected chi connectivity index (χ4v) is 2.68. The molecule has 2 N–H and O–H groups in total. The van der Waals surface area contributed by atoms with Gasteiger partial charge in [0.2, 0.25) is 0 Å². The van der Waals surface area contributed by atoms with Crippen molar-refractivity contribution in [2.24, 2.45) is 0 Å². The van der Waals surface area contributed by atoms with E-state index in [0.717, 1.165) is 5.39 Å². The highest BCUT2D eigenvalue weighted by Crippen LogP contribution is 2.38. The third-order valence-corrected chi connectivity index (χ3v) is 4.11. The van der Waals surface area contributed by atoms with E-state index in [0.29, 0.717) is 11.1 Å². The van der Waals surface area contributed by atoms with Crippen molar-refractivity contribution < 1.29 is 23.1 Å². The largest absolute Gasteiger partial charge is 0.417 e. The zero-order valence-corrected chi connectivity index (χ0v) is 11.5. The zero-order chi connectivity index (χ0) is 16.0. The molecule has 2 heterocycles. The maximum atomic E-state index is 12.8. The molecule has 8 heteroatoms. The van der Waals surface area contributed by atoms with Crippen LogP contribution in [0.4, 0.5) is 13.2 Å². The van der Waals surface area contributed by atoms with Gasteiger partial charge in [0, 0.05) is 31.3 Å². The monoisotopic (exact) mass is 313 g/mol. The Hall–Kier alpha value is -2.09. The molecule has 2 aromatic rings. The number of halogens is 3. The molecular weight excluding hydrogens is 299 g/mol. The molecule has 1 aromatic carbocycles. The lowest BCUT2D eigenvalue weighted by Crippen LogP contribution is -2.54. The molecule has 1 aliphatic rings. The lowest BCUT2D eigenvalue weighted by Gasteiger charge is -2.39. The van der Waals surface area contributed by atoms with Crippen molar-refractivity contribution in [1.29, 1.82) is 0 Å². The number of carbonyl (C=O) groups excluding carboxylic acids is 1. The summed E-state index contributed by atoms with van der Waals surface area (Å²) in [5.41, 5.74) is -1.78. The van der Waals surface area contributed by atoms with E-state index in [1.165, 1.54) is 4.90 Å². The Bertz CT molecular complexity index is 703. The Labute approximate surface area is 123 Å². The predicted octanol–water partition coefficient (Wildman–Crippen LogP) is 2.09. The van der Waals surface area contributed by atoms with Gasteiger partial charge in [-0.3, -0.25) is 9.89 Å². The Morgan fingerprint density at radius 3 is 2.64 bits per heavy atom. The number of carbonyl (C=O) groups is 1. The van der Waals surface area contributed by atoms with Crippen molar-refractivity contribution >= 4 is 16.8 Å². The van der Waals surface area contributed by atoms with Gasteiger partial charge in [-0.2, -0.15) is 18.3 Å². The number of nitrogens with zero attached hydrogens (tertiary/aromatic N) is 2. The first kappa shape index (κ1) is 14.8. The molecule has 1 fully saturated rings. The summed E-state index contributed by atoms with van der Waals surface area (Å²) in [6.07, 6.45) is -4.13. The fraction of sp³-hybridized carbons (Fsp3) is 0.429. The SMILES string of the molecule is O=C(c1cccc2cn[nH]c12)N1CCC(O)(C(F)(F)F)CC1. The lowest BCUT2D eigenvalue weighted by atomic mass is 9.90. The first-order valence-corrected chi connectivity index (χ1v) is 6.82. The number of amides is 1. The van der Waals surface area contributed by atoms with Crippen LogP contribution in [0.25, 0.3) is 10.9 Å². The number of aromatic nitrogens is 2. The van der Waals surface area contributed by atoms with Crippen LogP contribution in [0.2, 0.25) is 0 Å². The average Bonchev–Trinajstić information content (AvgIpc) is 2.94. The number of fused-ring (bicyclic) bond motifs is 1. The molecule has 1 saturated heterocycles. The summed E-state index contributed by atoms with van der Waals surface area (Å²) in [5, 5.41) is 17.0. The Balaban J connectivity index is 1.80. The van der Waals surface area contributed by atoms with Gasteiger partial charge in [-0.15, -0.1) is 0 Å². The smallest absolute Gasteiger partial charge is 0.380 e. The number of aromatic amines is 1. The standard InChI is InChI=1S/C14H14F3N3O2/c15-14(16,17)13(22)4-6-20(7-5-13)12(21)10-3-1-2-9-8-18-19-11(9)10/h1-3,8,22H,4-7H2,(H,18,19). The van der Waals surface area contributed by atoms with Crippen molar-refractivity contribution in [3.63, 3.8) is 0 Å². The van der Waals surface area contributed by atoms with Crippen LogP contribution in [0.15, 0.2) is 24.4 Å². The van der Waals surface area contributed by atoms with E-state index < -0.39 is 24.6 Å². The summed E-state index contributed by atoms with van der Waals surface area (Å²) >= 11 is 0. The highest BCUT2D eigenvalue weighted by molar-refractivity contribution is 6.05. The Morgan fingerprint density at radius 1 is 1.32 bits per heavy atom. The number of aliphatic hydroxyl groups is 1. The third-order valence-electron chi connectivity index (χ3n) is 4.11. The molecule has 0 atom stereocenters. The maximum Gasteiger partial charge on any atom is 0.417 e. The molecule has 0 aliphatic carbocycles. The number of hydrogen-bond acceptors (Lipinski definition) is 3. The van der Waals surface area contributed by atoms with E-state index in [-0.39, 0.29) is 19.0 Å². The summed E-state index contributed by atoms with van der Waals surface area (Å²) in [4.78, 5) is 13.8. The second-order valence-corrected chi connectivity index (χ2v) is 5.46. The van der Waals surface area contributed by atoms with Crippen LogP contribution in [0.1, 0.15) is 23.2 Å². The van der Waals surface area contributed by atoms with E-state index in [1.807, 2.05) is 0 Å². The minimum atomic E-state index is -4.68. The zero-order valence-electron chi connectivity index (χ0n) is 11.5. The minimum absolute atomic E-state index is 0.140. The summed E-state index contributed by atoms with van der Waals surface area (Å²) in [6.45, 7) is -0.279. The average molecular weight is 313 g/mol. The summed E-state index contributed by atoms with van der Waals surface area (Å²) < 4.78 is 38.3. The Kier molecular flexibility index (Phi) is 3.36. The summed E-state index contributed by atoms with van der Waals surface area (Å²) in [5.74, 6) is -0.362. The molecule has 0 radical (unpaired) electrons. The van der Waals surface area contributed by atoms with Crippen molar-refractivity contribution in [3.8, 4) is 0 Å². The third kappa shape index (κ3) is 2.33. The number of likely N-dealkylation sites (tertiary alicyclic amines) is 1. The number of para-hydroxylation sites is 1. The van der Waals surface area contributed by atoms with Crippen LogP contribution in [0.3, 0.4) is 0 Å². The quantitative estimate of drug-likeness (QED) is 0.847. The number of alkyl halides is 3. The van der Waals surface area contributed by atoms with Crippen molar-refractivity contribution in [3.05, 3.63) is 30.0 Å². The molecule has 1 amide bonds. The van der Waals surface area contributed by atoms with Crippen LogP contribution < -0.4 is 0 Å². The maximum absolute atomic E-state index is 12.8. The van der Waals surface area contributed by atoms with Gasteiger partial charge in [-0.05, 0) is 6.07 Å². The summed E-state index contributed by atoms with van der Waals surface area (Å²) in [6, 6.07) is 5.09. The molecule has 0 bridgehead atoms. The fourth-order valence-electron chi connectivity index (χ4n) is 2.68. The van der Waals surface area contributed by atoms with E-state index in [9.17, 15) is 23.1 Å². The topological polar surface area (TPSA) is 69.2 Å². The molecule has 3 rings (SSSR count). The van der Waals surface area contributed by atoms with Crippen LogP contribution in [-0.4, -0.2) is 51.0 Å². The molecule has 1 aromatic heterocycles. The van der Waals surface area contributed by atoms with Gasteiger partial charge in [0.05, 0.1) is 17.3 Å². The number of rotatable bonds is 1. The van der Waals surface area contributed by atoms with E-state index in [1.54, 1.807) is 24.4 Å². The van der Waals surface area contributed by atoms with Gasteiger partial charge >= 0.3 is 6.18 Å². The summed E-state index contributed by atoms with van der Waals surface area (Å²) in [7, 11) is 0. The minimum Gasteiger partial charge on any atom is -0.380 e. The van der Waals surface area contributed by atoms with E-state index in [4.69, 9.17) is 0 Å². The number of H-pyrrole nitrogens is 1. The number of nitrogens with one attached hydrogen (secondary N) is 1. The van der Waals surface area contributed by atoms with Gasteiger partial charge in [0.25, 0.3) is 5.91 Å². The van der Waals surface area contributed by atoms with Gasteiger partial charge in [0.15, 0.2) is 5.60 Å². The molecule has 0 unspecified atom stereocenters. The van der Waals surface area contributed by atoms with E-state index in [2.05, 4.69) is 10.2 Å². The van der Waals surface area contributed by atoms with Crippen LogP contribution in [-0.2, 0) is 0 Å². The van der Waals surface area contributed by atoms with Gasteiger partial charge in [-0.1, -0.05) is 12.1 Å². The molecule has 118 valence electrons. The number of hydrogen-bond donors (Lipinski definition) is 2. The van der Waals surface area contributed by atoms with Crippen molar-refractivity contribution in [1.82, 2.24) is 15.1 Å². The second kappa shape index (κ2) is 4.98. The number of benzene rings is 1. The van der Waals surface area contributed by atoms with Crippen molar-refractivity contribution in [2.75, 3.05) is 13.1 Å². The first-order valence-electron chi connectivity index (χ1n) is 6.82. The van der Waals surface area contributed by atoms with Gasteiger partial charge in [0.1, 0.15) is 0 Å².